The Morgan fingerprint density at radius 3 is 2.69 bits per heavy atom. The van der Waals surface area contributed by atoms with Crippen molar-refractivity contribution in [3.05, 3.63) is 33.2 Å². The lowest BCUT2D eigenvalue weighted by molar-refractivity contribution is 0.721. The second-order valence-corrected chi connectivity index (χ2v) is 2.54. The molecular weight excluding hydrogens is 174 g/mol. The van der Waals surface area contributed by atoms with Crippen molar-refractivity contribution in [3.63, 3.8) is 0 Å². The predicted molar refractivity (Wildman–Crippen MR) is 43.8 cm³/mol. The van der Waals surface area contributed by atoms with Crippen LogP contribution in [-0.4, -0.2) is 24.5 Å². The van der Waals surface area contributed by atoms with Gasteiger partial charge in [-0.3, -0.25) is 5.10 Å². The van der Waals surface area contributed by atoms with E-state index >= 15 is 0 Å². The smallest absolute Gasteiger partial charge is 0.262 e. The van der Waals surface area contributed by atoms with E-state index in [1.807, 2.05) is 0 Å². The molecule has 68 valence electrons. The van der Waals surface area contributed by atoms with E-state index in [1.54, 1.807) is 0 Å². The molecule has 0 aliphatic carbocycles. The van der Waals surface area contributed by atoms with Crippen molar-refractivity contribution in [1.82, 2.24) is 24.5 Å². The van der Waals surface area contributed by atoms with E-state index in [4.69, 9.17) is 0 Å². The van der Waals surface area contributed by atoms with Gasteiger partial charge in [0.15, 0.2) is 0 Å². The summed E-state index contributed by atoms with van der Waals surface area (Å²) in [6, 6.07) is 1.54. The van der Waals surface area contributed by atoms with Gasteiger partial charge in [0.25, 0.3) is 0 Å². The minimum Gasteiger partial charge on any atom is -0.262 e. The van der Waals surface area contributed by atoms with Crippen LogP contribution in [-0.2, 0) is 7.05 Å². The number of hydrogen-bond donors (Lipinski definition) is 2. The van der Waals surface area contributed by atoms with Crippen LogP contribution in [0.1, 0.15) is 0 Å². The first-order chi connectivity index (χ1) is 6.20. The van der Waals surface area contributed by atoms with Crippen molar-refractivity contribution in [2.75, 3.05) is 0 Å². The highest BCUT2D eigenvalue weighted by Gasteiger charge is 2.08. The maximum absolute atomic E-state index is 11.3. The average Bonchev–Trinajstić information content (AvgIpc) is 2.63. The molecule has 0 saturated heterocycles. The third-order valence-corrected chi connectivity index (χ3v) is 1.67. The zero-order chi connectivity index (χ0) is 9.42. The molecule has 0 aliphatic rings. The van der Waals surface area contributed by atoms with Crippen LogP contribution in [0.25, 0.3) is 5.82 Å². The van der Waals surface area contributed by atoms with Gasteiger partial charge < -0.3 is 0 Å². The van der Waals surface area contributed by atoms with Crippen molar-refractivity contribution in [2.45, 2.75) is 0 Å². The number of nitrogens with one attached hydrogen (secondary N) is 2. The molecular formula is C6H7N5O2. The van der Waals surface area contributed by atoms with Gasteiger partial charge in [0.05, 0.1) is 6.20 Å². The van der Waals surface area contributed by atoms with Gasteiger partial charge in [0.1, 0.15) is 5.82 Å². The minimum atomic E-state index is -0.489. The monoisotopic (exact) mass is 181 g/mol. The molecule has 2 heterocycles. The fourth-order valence-electron chi connectivity index (χ4n) is 1.06. The second-order valence-electron chi connectivity index (χ2n) is 2.54. The van der Waals surface area contributed by atoms with Crippen molar-refractivity contribution < 1.29 is 0 Å². The van der Waals surface area contributed by atoms with Crippen molar-refractivity contribution in [1.29, 1.82) is 0 Å². The molecule has 2 N–H and O–H groups in total. The van der Waals surface area contributed by atoms with Crippen LogP contribution in [0.3, 0.4) is 0 Å². The standard InChI is InChI=1S/C6H7N5O2/c1-10-6(13)11(5(12)9-10)4-2-3-7-8-4/h2-3H,1H3,(H,7,8)(H,9,12). The summed E-state index contributed by atoms with van der Waals surface area (Å²) in [6.45, 7) is 0. The Morgan fingerprint density at radius 2 is 2.23 bits per heavy atom. The molecule has 0 fully saturated rings. The lowest BCUT2D eigenvalue weighted by Crippen LogP contribution is -2.26. The summed E-state index contributed by atoms with van der Waals surface area (Å²) in [5.74, 6) is 0.354. The quantitative estimate of drug-likeness (QED) is 0.566. The Kier molecular flexibility index (Phi) is 1.44. The number of hydrogen-bond acceptors (Lipinski definition) is 3. The SMILES string of the molecule is Cn1[nH]c(=O)n(-c2ccn[nH]2)c1=O. The van der Waals surface area contributed by atoms with E-state index in [1.165, 1.54) is 19.3 Å². The highest BCUT2D eigenvalue weighted by atomic mass is 16.2. The van der Waals surface area contributed by atoms with Crippen LogP contribution in [0, 0.1) is 0 Å². The topological polar surface area (TPSA) is 88.5 Å². The van der Waals surface area contributed by atoms with Gasteiger partial charge in [0.2, 0.25) is 0 Å². The fourth-order valence-corrected chi connectivity index (χ4v) is 1.06. The summed E-state index contributed by atoms with van der Waals surface area (Å²) in [4.78, 5) is 22.5. The molecule has 0 radical (unpaired) electrons. The number of aromatic amines is 2. The zero-order valence-corrected chi connectivity index (χ0v) is 6.81. The maximum Gasteiger partial charge on any atom is 0.352 e. The Bertz CT molecular complexity index is 514. The number of rotatable bonds is 1. The number of H-pyrrole nitrogens is 2. The van der Waals surface area contributed by atoms with E-state index in [0.29, 0.717) is 5.82 Å². The summed E-state index contributed by atoms with van der Waals surface area (Å²) in [6.07, 6.45) is 1.47. The molecule has 0 aliphatic heterocycles. The molecule has 0 unspecified atom stereocenters. The van der Waals surface area contributed by atoms with Crippen LogP contribution in [0.4, 0.5) is 0 Å². The molecule has 0 aromatic carbocycles. The molecule has 2 aromatic heterocycles. The summed E-state index contributed by atoms with van der Waals surface area (Å²) in [7, 11) is 1.47. The normalized spacial score (nSPS) is 10.5. The van der Waals surface area contributed by atoms with Crippen LogP contribution in [0.15, 0.2) is 21.9 Å². The summed E-state index contributed by atoms with van der Waals surface area (Å²) in [5.41, 5.74) is -0.925. The molecule has 0 spiro atoms. The van der Waals surface area contributed by atoms with Crippen LogP contribution >= 0.6 is 0 Å². The Hall–Kier alpha value is -2.05. The van der Waals surface area contributed by atoms with E-state index in [-0.39, 0.29) is 0 Å². The van der Waals surface area contributed by atoms with Gasteiger partial charge in [-0.15, -0.1) is 0 Å². The molecule has 7 nitrogen and oxygen atoms in total. The van der Waals surface area contributed by atoms with Gasteiger partial charge in [0, 0.05) is 13.1 Å². The first-order valence-electron chi connectivity index (χ1n) is 3.58. The van der Waals surface area contributed by atoms with E-state index in [2.05, 4.69) is 15.3 Å². The molecule has 7 heteroatoms. The van der Waals surface area contributed by atoms with Gasteiger partial charge in [-0.05, 0) is 0 Å². The zero-order valence-electron chi connectivity index (χ0n) is 6.81. The second kappa shape index (κ2) is 2.47. The number of aryl methyl sites for hydroxylation is 1. The van der Waals surface area contributed by atoms with E-state index in [0.717, 1.165) is 9.25 Å². The van der Waals surface area contributed by atoms with Gasteiger partial charge in [-0.1, -0.05) is 0 Å². The van der Waals surface area contributed by atoms with Gasteiger partial charge >= 0.3 is 11.4 Å². The largest absolute Gasteiger partial charge is 0.352 e. The summed E-state index contributed by atoms with van der Waals surface area (Å²) >= 11 is 0. The lowest BCUT2D eigenvalue weighted by atomic mass is 10.6. The Labute approximate surface area is 71.6 Å². The van der Waals surface area contributed by atoms with Gasteiger partial charge in [-0.25, -0.2) is 19.4 Å². The van der Waals surface area contributed by atoms with Crippen molar-refractivity contribution in [3.8, 4) is 5.82 Å². The summed E-state index contributed by atoms with van der Waals surface area (Å²) < 4.78 is 2.07. The molecule has 13 heavy (non-hydrogen) atoms. The van der Waals surface area contributed by atoms with Crippen LogP contribution in [0.5, 0.6) is 0 Å². The first-order valence-corrected chi connectivity index (χ1v) is 3.58. The predicted octanol–water partition coefficient (Wildman–Crippen LogP) is -1.41. The van der Waals surface area contributed by atoms with Crippen molar-refractivity contribution in [2.24, 2.45) is 7.05 Å². The van der Waals surface area contributed by atoms with Crippen LogP contribution < -0.4 is 11.4 Å². The summed E-state index contributed by atoms with van der Waals surface area (Å²) in [5, 5.41) is 8.50. The lowest BCUT2D eigenvalue weighted by Gasteiger charge is -1.90. The van der Waals surface area contributed by atoms with Gasteiger partial charge in [-0.2, -0.15) is 9.67 Å². The third kappa shape index (κ3) is 1.01. The highest BCUT2D eigenvalue weighted by Crippen LogP contribution is 1.91. The third-order valence-electron chi connectivity index (χ3n) is 1.67. The highest BCUT2D eigenvalue weighted by molar-refractivity contribution is 5.17. The maximum atomic E-state index is 11.3. The first kappa shape index (κ1) is 7.59. The molecule has 0 bridgehead atoms. The van der Waals surface area contributed by atoms with E-state index < -0.39 is 11.4 Å². The fraction of sp³-hybridized carbons (Fsp3) is 0.167. The minimum absolute atomic E-state index is 0.354. The van der Waals surface area contributed by atoms with Crippen LogP contribution in [0.2, 0.25) is 0 Å². The molecule has 0 amide bonds. The molecule has 0 atom stereocenters. The average molecular weight is 181 g/mol. The van der Waals surface area contributed by atoms with E-state index in [9.17, 15) is 9.59 Å². The molecule has 2 rings (SSSR count). The molecule has 0 saturated carbocycles. The Morgan fingerprint density at radius 1 is 1.46 bits per heavy atom. The Balaban J connectivity index is 2.79. The number of nitrogens with zero attached hydrogens (tertiary/aromatic N) is 3. The number of aromatic nitrogens is 5. The van der Waals surface area contributed by atoms with Crippen molar-refractivity contribution >= 4 is 0 Å². The molecule has 2 aromatic rings.